The number of hydrogen-bond acceptors (Lipinski definition) is 8. The van der Waals surface area contributed by atoms with E-state index in [1.807, 2.05) is 6.92 Å². The lowest BCUT2D eigenvalue weighted by Crippen LogP contribution is -2.18. The Balaban J connectivity index is 1.70. The Labute approximate surface area is 157 Å². The summed E-state index contributed by atoms with van der Waals surface area (Å²) in [6.45, 7) is 2.06. The van der Waals surface area contributed by atoms with E-state index in [2.05, 4.69) is 10.3 Å². The molecule has 1 unspecified atom stereocenters. The predicted molar refractivity (Wildman–Crippen MR) is 101 cm³/mol. The first-order chi connectivity index (χ1) is 12.5. The minimum absolute atomic E-state index is 0.0118. The molecule has 2 N–H and O–H groups in total. The number of carbonyl (C=O) groups is 1. The van der Waals surface area contributed by atoms with Gasteiger partial charge in [-0.15, -0.1) is 0 Å². The molecule has 1 atom stereocenters. The molecule has 0 radical (unpaired) electrons. The van der Waals surface area contributed by atoms with Crippen molar-refractivity contribution in [2.45, 2.75) is 23.7 Å². The highest BCUT2D eigenvalue weighted by Gasteiger charge is 2.11. The highest BCUT2D eigenvalue weighted by Crippen LogP contribution is 2.34. The van der Waals surface area contributed by atoms with Gasteiger partial charge in [-0.1, -0.05) is 33.7 Å². The van der Waals surface area contributed by atoms with Crippen molar-refractivity contribution in [3.8, 4) is 0 Å². The lowest BCUT2D eigenvalue weighted by Gasteiger charge is -2.11. The monoisotopic (exact) mass is 395 g/mol. The molecule has 0 fully saturated rings. The van der Waals surface area contributed by atoms with E-state index in [9.17, 15) is 14.9 Å². The standard InChI is InChI=1S/C16H17N3O5S2/c1-11(25-26-14-6-7-15(17-8-14)19(22)23)10-24-16(21)18-13-4-2-12(9-20)3-5-13/h2-8,11,20H,9-10H2,1H3,(H,18,21). The fourth-order valence-electron chi connectivity index (χ4n) is 1.74. The van der Waals surface area contributed by atoms with Crippen molar-refractivity contribution in [1.82, 2.24) is 4.98 Å². The summed E-state index contributed by atoms with van der Waals surface area (Å²) in [5.41, 5.74) is 1.34. The summed E-state index contributed by atoms with van der Waals surface area (Å²) in [6.07, 6.45) is 0.878. The van der Waals surface area contributed by atoms with Crippen LogP contribution in [0.3, 0.4) is 0 Å². The maximum Gasteiger partial charge on any atom is 0.411 e. The number of benzene rings is 1. The molecular weight excluding hydrogens is 378 g/mol. The minimum atomic E-state index is -0.559. The van der Waals surface area contributed by atoms with Crippen molar-refractivity contribution in [2.24, 2.45) is 0 Å². The van der Waals surface area contributed by atoms with Crippen LogP contribution in [-0.4, -0.2) is 33.0 Å². The number of nitrogens with zero attached hydrogens (tertiary/aromatic N) is 2. The summed E-state index contributed by atoms with van der Waals surface area (Å²) < 4.78 is 5.16. The van der Waals surface area contributed by atoms with Gasteiger partial charge in [0.15, 0.2) is 6.20 Å². The molecule has 1 amide bonds. The number of nitro groups is 1. The number of carbonyl (C=O) groups excluding carboxylic acids is 1. The molecule has 8 nitrogen and oxygen atoms in total. The Kier molecular flexibility index (Phi) is 7.70. The third-order valence-electron chi connectivity index (χ3n) is 3.05. The zero-order chi connectivity index (χ0) is 18.9. The molecule has 138 valence electrons. The van der Waals surface area contributed by atoms with E-state index in [1.54, 1.807) is 30.3 Å². The smallest absolute Gasteiger partial charge is 0.411 e. The van der Waals surface area contributed by atoms with Gasteiger partial charge in [0, 0.05) is 17.0 Å². The molecule has 0 aliphatic heterocycles. The third-order valence-corrected chi connectivity index (χ3v) is 5.89. The zero-order valence-corrected chi connectivity index (χ0v) is 15.5. The average molecular weight is 395 g/mol. The maximum absolute atomic E-state index is 11.8. The fraction of sp³-hybridized carbons (Fsp3) is 0.250. The van der Waals surface area contributed by atoms with Crippen molar-refractivity contribution in [1.29, 1.82) is 0 Å². The number of aromatic nitrogens is 1. The van der Waals surface area contributed by atoms with Crippen molar-refractivity contribution in [3.05, 3.63) is 58.3 Å². The lowest BCUT2D eigenvalue weighted by molar-refractivity contribution is -0.389. The number of ether oxygens (including phenoxy) is 1. The minimum Gasteiger partial charge on any atom is -0.448 e. The van der Waals surface area contributed by atoms with Crippen LogP contribution in [0, 0.1) is 10.1 Å². The van der Waals surface area contributed by atoms with Gasteiger partial charge in [0.25, 0.3) is 0 Å². The number of aliphatic hydroxyl groups excluding tert-OH is 1. The second-order valence-electron chi connectivity index (χ2n) is 5.18. The van der Waals surface area contributed by atoms with Crippen LogP contribution < -0.4 is 5.32 Å². The highest BCUT2D eigenvalue weighted by atomic mass is 33.1. The second kappa shape index (κ2) is 10.00. The summed E-state index contributed by atoms with van der Waals surface area (Å²) >= 11 is 0. The number of amides is 1. The summed E-state index contributed by atoms with van der Waals surface area (Å²) in [6, 6.07) is 9.76. The van der Waals surface area contributed by atoms with Gasteiger partial charge in [0.1, 0.15) is 6.61 Å². The zero-order valence-electron chi connectivity index (χ0n) is 13.8. The van der Waals surface area contributed by atoms with Crippen LogP contribution in [0.25, 0.3) is 0 Å². The molecule has 1 heterocycles. The van der Waals surface area contributed by atoms with E-state index in [-0.39, 0.29) is 24.3 Å². The van der Waals surface area contributed by atoms with E-state index >= 15 is 0 Å². The molecule has 1 aromatic carbocycles. The van der Waals surface area contributed by atoms with E-state index in [4.69, 9.17) is 9.84 Å². The van der Waals surface area contributed by atoms with Gasteiger partial charge in [-0.2, -0.15) is 0 Å². The van der Waals surface area contributed by atoms with E-state index in [0.29, 0.717) is 5.69 Å². The molecular formula is C16H17N3O5S2. The van der Waals surface area contributed by atoms with Crippen molar-refractivity contribution in [3.63, 3.8) is 0 Å². The number of aliphatic hydroxyl groups is 1. The third kappa shape index (κ3) is 6.54. The van der Waals surface area contributed by atoms with Gasteiger partial charge in [-0.05, 0) is 40.6 Å². The number of anilines is 1. The average Bonchev–Trinajstić information content (AvgIpc) is 2.65. The summed E-state index contributed by atoms with van der Waals surface area (Å²) in [4.78, 5) is 26.3. The van der Waals surface area contributed by atoms with Crippen LogP contribution in [0.2, 0.25) is 0 Å². The highest BCUT2D eigenvalue weighted by molar-refractivity contribution is 8.76. The van der Waals surface area contributed by atoms with Crippen LogP contribution >= 0.6 is 21.6 Å². The molecule has 0 bridgehead atoms. The Morgan fingerprint density at radius 3 is 2.65 bits per heavy atom. The molecule has 2 rings (SSSR count). The van der Waals surface area contributed by atoms with Crippen LogP contribution in [0.1, 0.15) is 12.5 Å². The molecule has 0 aliphatic carbocycles. The normalized spacial score (nSPS) is 11.6. The Morgan fingerprint density at radius 1 is 1.35 bits per heavy atom. The van der Waals surface area contributed by atoms with Gasteiger partial charge >= 0.3 is 11.9 Å². The Bertz CT molecular complexity index is 741. The molecule has 0 saturated carbocycles. The first-order valence-corrected chi connectivity index (χ1v) is 9.76. The van der Waals surface area contributed by atoms with Crippen LogP contribution in [0.15, 0.2) is 47.5 Å². The van der Waals surface area contributed by atoms with E-state index in [0.717, 1.165) is 10.5 Å². The van der Waals surface area contributed by atoms with Crippen molar-refractivity contribution < 1.29 is 19.6 Å². The number of pyridine rings is 1. The number of rotatable bonds is 8. The summed E-state index contributed by atoms with van der Waals surface area (Å²) in [5, 5.41) is 22.2. The maximum atomic E-state index is 11.8. The van der Waals surface area contributed by atoms with Crippen molar-refractivity contribution in [2.75, 3.05) is 11.9 Å². The number of hydrogen-bond donors (Lipinski definition) is 2. The van der Waals surface area contributed by atoms with Gasteiger partial charge in [-0.3, -0.25) is 5.32 Å². The molecule has 10 heteroatoms. The quantitative estimate of drug-likeness (QED) is 0.393. The Morgan fingerprint density at radius 2 is 2.08 bits per heavy atom. The first kappa shape index (κ1) is 20.0. The Hall–Kier alpha value is -2.30. The van der Waals surface area contributed by atoms with Gasteiger partial charge in [-0.25, -0.2) is 4.79 Å². The molecule has 26 heavy (non-hydrogen) atoms. The second-order valence-corrected chi connectivity index (χ2v) is 7.89. The van der Waals surface area contributed by atoms with Gasteiger partial charge in [0.05, 0.1) is 11.5 Å². The molecule has 1 aromatic heterocycles. The lowest BCUT2D eigenvalue weighted by atomic mass is 10.2. The molecule has 0 aliphatic rings. The summed E-state index contributed by atoms with van der Waals surface area (Å²) in [7, 11) is 2.88. The van der Waals surface area contributed by atoms with Crippen LogP contribution in [-0.2, 0) is 11.3 Å². The molecule has 2 aromatic rings. The van der Waals surface area contributed by atoms with Crippen molar-refractivity contribution >= 4 is 39.2 Å². The molecule has 0 spiro atoms. The molecule has 0 saturated heterocycles. The van der Waals surface area contributed by atoms with Gasteiger partial charge in [0.2, 0.25) is 0 Å². The van der Waals surface area contributed by atoms with Crippen LogP contribution in [0.5, 0.6) is 0 Å². The van der Waals surface area contributed by atoms with Gasteiger partial charge < -0.3 is 20.0 Å². The predicted octanol–water partition coefficient (Wildman–Crippen LogP) is 3.86. The largest absolute Gasteiger partial charge is 0.448 e. The van der Waals surface area contributed by atoms with E-state index < -0.39 is 11.0 Å². The fourth-order valence-corrected chi connectivity index (χ4v) is 3.64. The SMILES string of the molecule is CC(COC(=O)Nc1ccc(CO)cc1)SSc1ccc([N+](=O)[O-])nc1. The topological polar surface area (TPSA) is 115 Å². The van der Waals surface area contributed by atoms with Crippen LogP contribution in [0.4, 0.5) is 16.3 Å². The number of nitrogens with one attached hydrogen (secondary N) is 1. The summed E-state index contributed by atoms with van der Waals surface area (Å²) in [5.74, 6) is -0.195. The van der Waals surface area contributed by atoms with E-state index in [1.165, 1.54) is 33.9 Å². The first-order valence-electron chi connectivity index (χ1n) is 7.55.